The third-order valence-corrected chi connectivity index (χ3v) is 4.14. The van der Waals surface area contributed by atoms with Crippen LogP contribution < -0.4 is 5.32 Å². The number of rotatable bonds is 3. The van der Waals surface area contributed by atoms with E-state index >= 15 is 0 Å². The van der Waals surface area contributed by atoms with Gasteiger partial charge in [-0.3, -0.25) is 4.98 Å². The van der Waals surface area contributed by atoms with Crippen LogP contribution in [-0.2, 0) is 4.74 Å². The molecule has 0 saturated carbocycles. The molecular weight excluding hydrogens is 236 g/mol. The minimum absolute atomic E-state index is 0.0503. The standard InChI is InChI=1S/C16H26N2O/c1-11-9-12(7-8-18-11)14(17-6)13-10-15(2,3)19-16(13,4)5/h7-9,13-14,17H,10H2,1-6H3. The number of ether oxygens (including phenoxy) is 1. The maximum absolute atomic E-state index is 6.23. The number of nitrogens with one attached hydrogen (secondary N) is 1. The molecule has 2 heterocycles. The molecule has 2 rings (SSSR count). The molecule has 1 aliphatic rings. The van der Waals surface area contributed by atoms with Crippen LogP contribution in [0.15, 0.2) is 18.3 Å². The van der Waals surface area contributed by atoms with Gasteiger partial charge in [0.05, 0.1) is 11.2 Å². The van der Waals surface area contributed by atoms with Gasteiger partial charge in [0.25, 0.3) is 0 Å². The molecule has 2 unspecified atom stereocenters. The Morgan fingerprint density at radius 3 is 2.53 bits per heavy atom. The second-order valence-electron chi connectivity index (χ2n) is 6.77. The molecule has 3 nitrogen and oxygen atoms in total. The number of hydrogen-bond acceptors (Lipinski definition) is 3. The summed E-state index contributed by atoms with van der Waals surface area (Å²) in [5.41, 5.74) is 2.20. The second-order valence-corrected chi connectivity index (χ2v) is 6.77. The summed E-state index contributed by atoms with van der Waals surface area (Å²) < 4.78 is 6.23. The van der Waals surface area contributed by atoms with Gasteiger partial charge in [0, 0.05) is 23.9 Å². The summed E-state index contributed by atoms with van der Waals surface area (Å²) in [6.45, 7) is 10.8. The summed E-state index contributed by atoms with van der Waals surface area (Å²) >= 11 is 0. The van der Waals surface area contributed by atoms with Crippen molar-refractivity contribution in [2.24, 2.45) is 5.92 Å². The molecule has 1 fully saturated rings. The van der Waals surface area contributed by atoms with E-state index in [2.05, 4.69) is 50.1 Å². The SMILES string of the molecule is CNC(c1ccnc(C)c1)C1CC(C)(C)OC1(C)C. The van der Waals surface area contributed by atoms with Crippen molar-refractivity contribution < 1.29 is 4.74 Å². The third-order valence-electron chi connectivity index (χ3n) is 4.14. The molecule has 106 valence electrons. The Morgan fingerprint density at radius 2 is 2.05 bits per heavy atom. The number of pyridine rings is 1. The fourth-order valence-corrected chi connectivity index (χ4v) is 3.49. The van der Waals surface area contributed by atoms with E-state index in [1.807, 2.05) is 20.2 Å². The number of nitrogens with zero attached hydrogens (tertiary/aromatic N) is 1. The summed E-state index contributed by atoms with van der Waals surface area (Å²) in [5.74, 6) is 0.453. The molecule has 0 bridgehead atoms. The maximum Gasteiger partial charge on any atom is 0.0681 e. The molecule has 2 atom stereocenters. The maximum atomic E-state index is 6.23. The molecule has 1 aliphatic heterocycles. The van der Waals surface area contributed by atoms with Gasteiger partial charge in [-0.2, -0.15) is 0 Å². The zero-order chi connectivity index (χ0) is 14.3. The van der Waals surface area contributed by atoms with Crippen LogP contribution in [0.1, 0.15) is 51.4 Å². The van der Waals surface area contributed by atoms with Gasteiger partial charge in [-0.1, -0.05) is 0 Å². The van der Waals surface area contributed by atoms with Gasteiger partial charge in [0.1, 0.15) is 0 Å². The summed E-state index contributed by atoms with van der Waals surface area (Å²) in [6.07, 6.45) is 2.95. The van der Waals surface area contributed by atoms with Gasteiger partial charge >= 0.3 is 0 Å². The molecule has 0 amide bonds. The van der Waals surface area contributed by atoms with Crippen molar-refractivity contribution in [2.45, 2.75) is 58.3 Å². The molecule has 1 aromatic rings. The van der Waals surface area contributed by atoms with Crippen molar-refractivity contribution >= 4 is 0 Å². The Bertz CT molecular complexity index is 454. The van der Waals surface area contributed by atoms with Gasteiger partial charge in [-0.15, -0.1) is 0 Å². The highest BCUT2D eigenvalue weighted by Gasteiger charge is 2.49. The van der Waals surface area contributed by atoms with Crippen molar-refractivity contribution in [1.82, 2.24) is 10.3 Å². The van der Waals surface area contributed by atoms with Gasteiger partial charge in [0.15, 0.2) is 0 Å². The Labute approximate surface area is 116 Å². The Balaban J connectivity index is 2.32. The molecule has 1 aromatic heterocycles. The van der Waals surface area contributed by atoms with Crippen LogP contribution in [0.4, 0.5) is 0 Å². The third kappa shape index (κ3) is 2.98. The molecule has 1 saturated heterocycles. The molecule has 3 heteroatoms. The van der Waals surface area contributed by atoms with E-state index in [1.165, 1.54) is 5.56 Å². The average molecular weight is 262 g/mol. The normalized spacial score (nSPS) is 26.3. The van der Waals surface area contributed by atoms with Crippen molar-refractivity contribution in [3.63, 3.8) is 0 Å². The molecular formula is C16H26N2O. The highest BCUT2D eigenvalue weighted by molar-refractivity contribution is 5.22. The first-order valence-electron chi connectivity index (χ1n) is 7.05. The Kier molecular flexibility index (Phi) is 3.72. The van der Waals surface area contributed by atoms with Gasteiger partial charge in [-0.25, -0.2) is 0 Å². The van der Waals surface area contributed by atoms with Crippen LogP contribution in [0.3, 0.4) is 0 Å². The van der Waals surface area contributed by atoms with E-state index in [-0.39, 0.29) is 11.2 Å². The molecule has 1 N–H and O–H groups in total. The number of hydrogen-bond donors (Lipinski definition) is 1. The number of aromatic nitrogens is 1. The monoisotopic (exact) mass is 262 g/mol. The van der Waals surface area contributed by atoms with Crippen LogP contribution in [0.25, 0.3) is 0 Å². The highest BCUT2D eigenvalue weighted by atomic mass is 16.5. The van der Waals surface area contributed by atoms with E-state index < -0.39 is 0 Å². The number of aryl methyl sites for hydroxylation is 1. The molecule has 0 spiro atoms. The fourth-order valence-electron chi connectivity index (χ4n) is 3.49. The van der Waals surface area contributed by atoms with Crippen molar-refractivity contribution in [3.8, 4) is 0 Å². The van der Waals surface area contributed by atoms with Crippen molar-refractivity contribution in [2.75, 3.05) is 7.05 Å². The van der Waals surface area contributed by atoms with E-state index in [0.717, 1.165) is 12.1 Å². The van der Waals surface area contributed by atoms with Gasteiger partial charge in [0.2, 0.25) is 0 Å². The summed E-state index contributed by atoms with van der Waals surface area (Å²) in [5, 5.41) is 3.47. The molecule has 0 aromatic carbocycles. The van der Waals surface area contributed by atoms with Crippen LogP contribution >= 0.6 is 0 Å². The van der Waals surface area contributed by atoms with Gasteiger partial charge in [-0.05, 0) is 65.8 Å². The highest BCUT2D eigenvalue weighted by Crippen LogP contribution is 2.47. The first-order chi connectivity index (χ1) is 8.75. The van der Waals surface area contributed by atoms with Crippen molar-refractivity contribution in [1.29, 1.82) is 0 Å². The van der Waals surface area contributed by atoms with Gasteiger partial charge < -0.3 is 10.1 Å². The predicted molar refractivity (Wildman–Crippen MR) is 78.1 cm³/mol. The molecule has 0 aliphatic carbocycles. The smallest absolute Gasteiger partial charge is 0.0681 e. The molecule has 19 heavy (non-hydrogen) atoms. The summed E-state index contributed by atoms with van der Waals surface area (Å²) in [4.78, 5) is 4.29. The summed E-state index contributed by atoms with van der Waals surface area (Å²) in [7, 11) is 2.03. The largest absolute Gasteiger partial charge is 0.369 e. The second kappa shape index (κ2) is 4.88. The quantitative estimate of drug-likeness (QED) is 0.908. The fraction of sp³-hybridized carbons (Fsp3) is 0.688. The van der Waals surface area contributed by atoms with Crippen LogP contribution in [0.5, 0.6) is 0 Å². The predicted octanol–water partition coefficient (Wildman–Crippen LogP) is 3.24. The molecule has 0 radical (unpaired) electrons. The van der Waals surface area contributed by atoms with Crippen molar-refractivity contribution in [3.05, 3.63) is 29.6 Å². The lowest BCUT2D eigenvalue weighted by atomic mass is 9.79. The van der Waals surface area contributed by atoms with E-state index in [4.69, 9.17) is 4.74 Å². The van der Waals surface area contributed by atoms with Crippen LogP contribution in [0.2, 0.25) is 0 Å². The minimum Gasteiger partial charge on any atom is -0.369 e. The first-order valence-corrected chi connectivity index (χ1v) is 7.05. The zero-order valence-corrected chi connectivity index (χ0v) is 12.9. The zero-order valence-electron chi connectivity index (χ0n) is 12.9. The van der Waals surface area contributed by atoms with E-state index in [1.54, 1.807) is 0 Å². The minimum atomic E-state index is -0.117. The first kappa shape index (κ1) is 14.5. The Hall–Kier alpha value is -0.930. The average Bonchev–Trinajstić information content (AvgIpc) is 2.48. The van der Waals surface area contributed by atoms with Crippen LogP contribution in [-0.4, -0.2) is 23.2 Å². The Morgan fingerprint density at radius 1 is 1.37 bits per heavy atom. The lowest BCUT2D eigenvalue weighted by Gasteiger charge is -2.33. The topological polar surface area (TPSA) is 34.2 Å². The van der Waals surface area contributed by atoms with E-state index in [0.29, 0.717) is 12.0 Å². The van der Waals surface area contributed by atoms with Crippen LogP contribution in [0, 0.1) is 12.8 Å². The lowest BCUT2D eigenvalue weighted by molar-refractivity contribution is -0.0776. The van der Waals surface area contributed by atoms with E-state index in [9.17, 15) is 0 Å². The lowest BCUT2D eigenvalue weighted by Crippen LogP contribution is -2.37. The summed E-state index contributed by atoms with van der Waals surface area (Å²) in [6, 6.07) is 4.58.